The first kappa shape index (κ1) is 15.0. The Morgan fingerprint density at radius 1 is 1.45 bits per heavy atom. The Balaban J connectivity index is 1.69. The maximum atomic E-state index is 11.8. The summed E-state index contributed by atoms with van der Waals surface area (Å²) in [5.41, 5.74) is 0. The van der Waals surface area contributed by atoms with Crippen molar-refractivity contribution in [3.05, 3.63) is 22.4 Å². The van der Waals surface area contributed by atoms with Gasteiger partial charge in [-0.05, 0) is 37.6 Å². The first-order valence-electron chi connectivity index (χ1n) is 7.10. The maximum Gasteiger partial charge on any atom is 0.321 e. The van der Waals surface area contributed by atoms with E-state index >= 15 is 0 Å². The third kappa shape index (κ3) is 4.61. The lowest BCUT2D eigenvalue weighted by molar-refractivity contribution is -0.920. The molecule has 20 heavy (non-hydrogen) atoms. The van der Waals surface area contributed by atoms with E-state index in [2.05, 4.69) is 17.6 Å². The second-order valence-electron chi connectivity index (χ2n) is 5.29. The molecule has 1 aromatic rings. The van der Waals surface area contributed by atoms with Crippen molar-refractivity contribution in [3.63, 3.8) is 0 Å². The minimum atomic E-state index is -0.410. The molecule has 3 amide bonds. The number of likely N-dealkylation sites (tertiary alicyclic amines) is 1. The molecule has 1 aromatic heterocycles. The molecule has 2 atom stereocenters. The van der Waals surface area contributed by atoms with E-state index in [-0.39, 0.29) is 5.91 Å². The van der Waals surface area contributed by atoms with Gasteiger partial charge in [-0.2, -0.15) is 0 Å². The number of imide groups is 1. The lowest BCUT2D eigenvalue weighted by atomic mass is 10.0. The molecule has 0 aromatic carbocycles. The molecule has 6 heteroatoms. The van der Waals surface area contributed by atoms with Gasteiger partial charge in [0, 0.05) is 4.88 Å². The SMILES string of the molecule is C[C@H]1CCCC[NH+]1CC(=O)NC(=O)NCc1cccs1. The maximum absolute atomic E-state index is 11.8. The summed E-state index contributed by atoms with van der Waals surface area (Å²) in [4.78, 5) is 25.8. The highest BCUT2D eigenvalue weighted by molar-refractivity contribution is 7.09. The fourth-order valence-electron chi connectivity index (χ4n) is 2.52. The predicted molar refractivity (Wildman–Crippen MR) is 78.7 cm³/mol. The van der Waals surface area contributed by atoms with Gasteiger partial charge in [-0.25, -0.2) is 4.79 Å². The van der Waals surface area contributed by atoms with Crippen LogP contribution in [0, 0.1) is 0 Å². The zero-order valence-corrected chi connectivity index (χ0v) is 12.6. The predicted octanol–water partition coefficient (Wildman–Crippen LogP) is 0.531. The number of urea groups is 1. The van der Waals surface area contributed by atoms with E-state index in [1.807, 2.05) is 17.5 Å². The van der Waals surface area contributed by atoms with E-state index in [0.29, 0.717) is 19.1 Å². The minimum absolute atomic E-state index is 0.197. The summed E-state index contributed by atoms with van der Waals surface area (Å²) >= 11 is 1.58. The molecule has 1 saturated heterocycles. The molecule has 2 rings (SSSR count). The lowest BCUT2D eigenvalue weighted by Crippen LogP contribution is -3.17. The standard InChI is InChI=1S/C14H21N3O2S/c1-11-5-2-3-7-17(11)10-13(18)16-14(19)15-9-12-6-4-8-20-12/h4,6,8,11H,2-3,5,7,9-10H2,1H3,(H2,15,16,18,19)/p+1/t11-/m0/s1. The molecular formula is C14H22N3O2S+. The van der Waals surface area contributed by atoms with Gasteiger partial charge in [0.2, 0.25) is 0 Å². The summed E-state index contributed by atoms with van der Waals surface area (Å²) < 4.78 is 0. The van der Waals surface area contributed by atoms with Crippen LogP contribution in [0.5, 0.6) is 0 Å². The van der Waals surface area contributed by atoms with Crippen LogP contribution < -0.4 is 15.5 Å². The van der Waals surface area contributed by atoms with Gasteiger partial charge < -0.3 is 10.2 Å². The van der Waals surface area contributed by atoms with Crippen LogP contribution in [0.1, 0.15) is 31.1 Å². The lowest BCUT2D eigenvalue weighted by Gasteiger charge is -2.29. The van der Waals surface area contributed by atoms with Crippen molar-refractivity contribution in [1.82, 2.24) is 10.6 Å². The van der Waals surface area contributed by atoms with Crippen molar-refractivity contribution in [1.29, 1.82) is 0 Å². The molecule has 3 N–H and O–H groups in total. The Kier molecular flexibility index (Phi) is 5.55. The third-order valence-corrected chi connectivity index (χ3v) is 4.60. The largest absolute Gasteiger partial charge is 0.333 e. The Bertz CT molecular complexity index is 447. The molecule has 0 saturated carbocycles. The second kappa shape index (κ2) is 7.40. The molecule has 1 aliphatic rings. The van der Waals surface area contributed by atoms with Crippen LogP contribution in [-0.2, 0) is 11.3 Å². The zero-order valence-electron chi connectivity index (χ0n) is 11.8. The summed E-state index contributed by atoms with van der Waals surface area (Å²) in [5, 5.41) is 7.06. The molecule has 0 radical (unpaired) electrons. The zero-order chi connectivity index (χ0) is 14.4. The number of hydrogen-bond acceptors (Lipinski definition) is 3. The normalized spacial score (nSPS) is 22.2. The van der Waals surface area contributed by atoms with Crippen molar-refractivity contribution in [2.24, 2.45) is 0 Å². The van der Waals surface area contributed by atoms with Crippen LogP contribution in [0.3, 0.4) is 0 Å². The topological polar surface area (TPSA) is 62.6 Å². The molecule has 2 heterocycles. The van der Waals surface area contributed by atoms with Crippen LogP contribution in [0.4, 0.5) is 4.79 Å². The first-order valence-corrected chi connectivity index (χ1v) is 7.98. The van der Waals surface area contributed by atoms with Gasteiger partial charge in [0.05, 0.1) is 19.1 Å². The summed E-state index contributed by atoms with van der Waals surface area (Å²) in [6.45, 7) is 4.03. The minimum Gasteiger partial charge on any atom is -0.333 e. The van der Waals surface area contributed by atoms with Gasteiger partial charge in [-0.15, -0.1) is 11.3 Å². The van der Waals surface area contributed by atoms with Gasteiger partial charge in [0.15, 0.2) is 6.54 Å². The number of quaternary nitrogens is 1. The number of nitrogens with one attached hydrogen (secondary N) is 3. The molecule has 0 spiro atoms. The molecule has 110 valence electrons. The van der Waals surface area contributed by atoms with E-state index in [9.17, 15) is 9.59 Å². The fourth-order valence-corrected chi connectivity index (χ4v) is 3.16. The quantitative estimate of drug-likeness (QED) is 0.759. The third-order valence-electron chi connectivity index (χ3n) is 3.73. The van der Waals surface area contributed by atoms with E-state index in [1.54, 1.807) is 11.3 Å². The molecule has 0 aliphatic carbocycles. The van der Waals surface area contributed by atoms with Crippen LogP contribution >= 0.6 is 11.3 Å². The number of piperidine rings is 1. The van der Waals surface area contributed by atoms with Gasteiger partial charge >= 0.3 is 6.03 Å². The monoisotopic (exact) mass is 296 g/mol. The highest BCUT2D eigenvalue weighted by Gasteiger charge is 2.24. The van der Waals surface area contributed by atoms with Crippen molar-refractivity contribution in [3.8, 4) is 0 Å². The van der Waals surface area contributed by atoms with Gasteiger partial charge in [-0.1, -0.05) is 6.07 Å². The Morgan fingerprint density at radius 2 is 2.30 bits per heavy atom. The highest BCUT2D eigenvalue weighted by atomic mass is 32.1. The Morgan fingerprint density at radius 3 is 3.00 bits per heavy atom. The van der Waals surface area contributed by atoms with Crippen LogP contribution in [0.15, 0.2) is 17.5 Å². The van der Waals surface area contributed by atoms with Crippen molar-refractivity contribution in [2.45, 2.75) is 38.8 Å². The first-order chi connectivity index (χ1) is 9.65. The summed E-state index contributed by atoms with van der Waals surface area (Å²) in [5.74, 6) is -0.197. The van der Waals surface area contributed by atoms with Gasteiger partial charge in [0.1, 0.15) is 0 Å². The molecular weight excluding hydrogens is 274 g/mol. The second-order valence-corrected chi connectivity index (χ2v) is 6.32. The van der Waals surface area contributed by atoms with Gasteiger partial charge in [0.25, 0.3) is 5.91 Å². The Hall–Kier alpha value is -1.40. The highest BCUT2D eigenvalue weighted by Crippen LogP contribution is 2.07. The average Bonchev–Trinajstić information content (AvgIpc) is 2.92. The van der Waals surface area contributed by atoms with Crippen LogP contribution in [-0.4, -0.2) is 31.1 Å². The molecule has 1 fully saturated rings. The molecule has 1 unspecified atom stereocenters. The van der Waals surface area contributed by atoms with E-state index in [4.69, 9.17) is 0 Å². The number of carbonyl (C=O) groups is 2. The van der Waals surface area contributed by atoms with E-state index in [1.165, 1.54) is 11.3 Å². The molecule has 5 nitrogen and oxygen atoms in total. The number of hydrogen-bond donors (Lipinski definition) is 3. The number of thiophene rings is 1. The summed E-state index contributed by atoms with van der Waals surface area (Å²) in [6.07, 6.45) is 3.57. The summed E-state index contributed by atoms with van der Waals surface area (Å²) in [7, 11) is 0. The molecule has 1 aliphatic heterocycles. The average molecular weight is 296 g/mol. The molecule has 0 bridgehead atoms. The van der Waals surface area contributed by atoms with Crippen molar-refractivity contribution in [2.75, 3.05) is 13.1 Å². The smallest absolute Gasteiger partial charge is 0.321 e. The number of carbonyl (C=O) groups excluding carboxylic acids is 2. The van der Waals surface area contributed by atoms with Crippen LogP contribution in [0.25, 0.3) is 0 Å². The summed E-state index contributed by atoms with van der Waals surface area (Å²) in [6, 6.07) is 3.98. The van der Waals surface area contributed by atoms with E-state index < -0.39 is 6.03 Å². The Labute approximate surface area is 123 Å². The van der Waals surface area contributed by atoms with Crippen LogP contribution in [0.2, 0.25) is 0 Å². The van der Waals surface area contributed by atoms with E-state index in [0.717, 1.165) is 24.3 Å². The van der Waals surface area contributed by atoms with Crippen molar-refractivity contribution < 1.29 is 14.5 Å². The van der Waals surface area contributed by atoms with Crippen molar-refractivity contribution >= 4 is 23.3 Å². The number of amides is 3. The number of rotatable bonds is 4. The van der Waals surface area contributed by atoms with Gasteiger partial charge in [-0.3, -0.25) is 10.1 Å². The fraction of sp³-hybridized carbons (Fsp3) is 0.571.